The lowest BCUT2D eigenvalue weighted by molar-refractivity contribution is -0.136. The number of anilines is 1. The first kappa shape index (κ1) is 23.7. The van der Waals surface area contributed by atoms with Crippen molar-refractivity contribution in [2.24, 2.45) is 5.10 Å². The number of esters is 1. The fourth-order valence-electron chi connectivity index (χ4n) is 3.27. The molecule has 0 aliphatic heterocycles. The van der Waals surface area contributed by atoms with E-state index in [1.807, 2.05) is 49.4 Å². The summed E-state index contributed by atoms with van der Waals surface area (Å²) in [6, 6.07) is 24.3. The zero-order chi connectivity index (χ0) is 24.8. The third-order valence-corrected chi connectivity index (χ3v) is 5.34. The van der Waals surface area contributed by atoms with Gasteiger partial charge >= 0.3 is 17.8 Å². The SMILES string of the molecule is Cc1ccc(C(=O)Oc2ccc3ccccc3c2/C=N\NC(=O)C(=O)Nc2ccc(Cl)cc2)cc1. The molecule has 8 heteroatoms. The monoisotopic (exact) mass is 485 g/mol. The van der Waals surface area contributed by atoms with Crippen LogP contribution in [-0.2, 0) is 9.59 Å². The summed E-state index contributed by atoms with van der Waals surface area (Å²) in [7, 11) is 0. The summed E-state index contributed by atoms with van der Waals surface area (Å²) in [4.78, 5) is 37.0. The molecule has 2 N–H and O–H groups in total. The van der Waals surface area contributed by atoms with Gasteiger partial charge in [-0.25, -0.2) is 10.2 Å². The number of fused-ring (bicyclic) bond motifs is 1. The van der Waals surface area contributed by atoms with Crippen LogP contribution in [0.1, 0.15) is 21.5 Å². The van der Waals surface area contributed by atoms with E-state index in [9.17, 15) is 14.4 Å². The Morgan fingerprint density at radius 1 is 0.857 bits per heavy atom. The maximum absolute atomic E-state index is 12.7. The number of nitrogens with one attached hydrogen (secondary N) is 2. The van der Waals surface area contributed by atoms with Gasteiger partial charge < -0.3 is 10.1 Å². The average Bonchev–Trinajstić information content (AvgIpc) is 2.86. The summed E-state index contributed by atoms with van der Waals surface area (Å²) in [5, 5.41) is 8.52. The number of nitrogens with zero attached hydrogens (tertiary/aromatic N) is 1. The van der Waals surface area contributed by atoms with Crippen LogP contribution in [0.15, 0.2) is 90.0 Å². The van der Waals surface area contributed by atoms with Crippen LogP contribution in [-0.4, -0.2) is 24.0 Å². The molecule has 2 amide bonds. The summed E-state index contributed by atoms with van der Waals surface area (Å²) in [5.41, 5.74) is 4.51. The Hall–Kier alpha value is -4.49. The van der Waals surface area contributed by atoms with Gasteiger partial charge in [-0.3, -0.25) is 9.59 Å². The molecule has 0 aromatic heterocycles. The van der Waals surface area contributed by atoms with Crippen LogP contribution in [0.3, 0.4) is 0 Å². The summed E-state index contributed by atoms with van der Waals surface area (Å²) < 4.78 is 5.64. The van der Waals surface area contributed by atoms with E-state index < -0.39 is 17.8 Å². The van der Waals surface area contributed by atoms with Crippen molar-refractivity contribution in [3.8, 4) is 5.75 Å². The predicted octanol–water partition coefficient (Wildman–Crippen LogP) is 5.11. The van der Waals surface area contributed by atoms with Crippen LogP contribution in [0.2, 0.25) is 5.02 Å². The van der Waals surface area contributed by atoms with Crippen molar-refractivity contribution in [3.63, 3.8) is 0 Å². The van der Waals surface area contributed by atoms with Crippen LogP contribution in [0.4, 0.5) is 5.69 Å². The second-order valence-electron chi connectivity index (χ2n) is 7.61. The first-order chi connectivity index (χ1) is 16.9. The van der Waals surface area contributed by atoms with Crippen molar-refractivity contribution in [3.05, 3.63) is 107 Å². The Morgan fingerprint density at radius 3 is 2.31 bits per heavy atom. The van der Waals surface area contributed by atoms with E-state index in [-0.39, 0.29) is 5.75 Å². The molecule has 0 radical (unpaired) electrons. The zero-order valence-corrected chi connectivity index (χ0v) is 19.4. The molecule has 4 aromatic rings. The van der Waals surface area contributed by atoms with Crippen LogP contribution in [0, 0.1) is 6.92 Å². The highest BCUT2D eigenvalue weighted by Gasteiger charge is 2.15. The van der Waals surface area contributed by atoms with Gasteiger partial charge in [0.05, 0.1) is 11.8 Å². The lowest BCUT2D eigenvalue weighted by Crippen LogP contribution is -2.32. The number of hydrogen-bond acceptors (Lipinski definition) is 5. The number of hydrogen-bond donors (Lipinski definition) is 2. The Bertz CT molecular complexity index is 1430. The van der Waals surface area contributed by atoms with E-state index in [1.54, 1.807) is 42.5 Å². The Kier molecular flexibility index (Phi) is 7.18. The van der Waals surface area contributed by atoms with E-state index >= 15 is 0 Å². The number of rotatable bonds is 5. The number of carbonyl (C=O) groups is 3. The lowest BCUT2D eigenvalue weighted by atomic mass is 10.0. The number of amides is 2. The van der Waals surface area contributed by atoms with E-state index in [0.717, 1.165) is 16.3 Å². The molecule has 4 aromatic carbocycles. The van der Waals surface area contributed by atoms with Crippen molar-refractivity contribution >= 4 is 52.1 Å². The van der Waals surface area contributed by atoms with Crippen molar-refractivity contribution in [1.82, 2.24) is 5.43 Å². The normalized spacial score (nSPS) is 10.8. The first-order valence-corrected chi connectivity index (χ1v) is 11.0. The standard InChI is InChI=1S/C27H20ClN3O4/c1-17-6-8-19(9-7-17)27(34)35-24-15-10-18-4-2-3-5-22(18)23(24)16-29-31-26(33)25(32)30-21-13-11-20(28)12-14-21/h2-16H,1H3,(H,30,32)(H,31,33)/b29-16-. The third-order valence-electron chi connectivity index (χ3n) is 5.09. The van der Waals surface area contributed by atoms with E-state index in [1.165, 1.54) is 6.21 Å². The molecule has 0 aliphatic carbocycles. The third kappa shape index (κ3) is 5.90. The maximum atomic E-state index is 12.7. The quantitative estimate of drug-likeness (QED) is 0.135. The largest absolute Gasteiger partial charge is 0.422 e. The molecule has 0 unspecified atom stereocenters. The highest BCUT2D eigenvalue weighted by atomic mass is 35.5. The molecule has 0 saturated carbocycles. The number of benzene rings is 4. The molecule has 35 heavy (non-hydrogen) atoms. The second-order valence-corrected chi connectivity index (χ2v) is 8.05. The van der Waals surface area contributed by atoms with Gasteiger partial charge in [0.25, 0.3) is 0 Å². The van der Waals surface area contributed by atoms with Gasteiger partial charge in [-0.15, -0.1) is 0 Å². The fraction of sp³-hybridized carbons (Fsp3) is 0.0370. The highest BCUT2D eigenvalue weighted by molar-refractivity contribution is 6.39. The van der Waals surface area contributed by atoms with Crippen molar-refractivity contribution < 1.29 is 19.1 Å². The molecule has 0 fully saturated rings. The van der Waals surface area contributed by atoms with Gasteiger partial charge in [-0.05, 0) is 60.2 Å². The fourth-order valence-corrected chi connectivity index (χ4v) is 3.40. The van der Waals surface area contributed by atoms with Gasteiger partial charge in [-0.1, -0.05) is 59.6 Å². The smallest absolute Gasteiger partial charge is 0.343 e. The van der Waals surface area contributed by atoms with Crippen molar-refractivity contribution in [1.29, 1.82) is 0 Å². The Morgan fingerprint density at radius 2 is 1.57 bits per heavy atom. The maximum Gasteiger partial charge on any atom is 0.343 e. The number of carbonyl (C=O) groups excluding carboxylic acids is 3. The molecule has 4 rings (SSSR count). The molecule has 0 saturated heterocycles. The second kappa shape index (κ2) is 10.6. The molecule has 7 nitrogen and oxygen atoms in total. The van der Waals surface area contributed by atoms with Gasteiger partial charge in [0.2, 0.25) is 0 Å². The van der Waals surface area contributed by atoms with Crippen molar-refractivity contribution in [2.45, 2.75) is 6.92 Å². The molecule has 0 heterocycles. The Labute approximate surface area is 206 Å². The molecular weight excluding hydrogens is 466 g/mol. The van der Waals surface area contributed by atoms with Gasteiger partial charge in [0.15, 0.2) is 0 Å². The summed E-state index contributed by atoms with van der Waals surface area (Å²) in [6.45, 7) is 1.93. The van der Waals surface area contributed by atoms with Gasteiger partial charge in [0.1, 0.15) is 5.75 Å². The minimum Gasteiger partial charge on any atom is -0.422 e. The first-order valence-electron chi connectivity index (χ1n) is 10.6. The lowest BCUT2D eigenvalue weighted by Gasteiger charge is -2.11. The minimum absolute atomic E-state index is 0.262. The Balaban J connectivity index is 1.53. The molecule has 0 aliphatic rings. The molecule has 0 spiro atoms. The van der Waals surface area contributed by atoms with Crippen LogP contribution in [0.25, 0.3) is 10.8 Å². The highest BCUT2D eigenvalue weighted by Crippen LogP contribution is 2.27. The number of halogens is 1. The molecule has 0 atom stereocenters. The van der Waals surface area contributed by atoms with Gasteiger partial charge in [-0.2, -0.15) is 5.10 Å². The average molecular weight is 486 g/mol. The molecule has 0 bridgehead atoms. The van der Waals surface area contributed by atoms with E-state index in [0.29, 0.717) is 21.8 Å². The number of ether oxygens (including phenoxy) is 1. The van der Waals surface area contributed by atoms with E-state index in [4.69, 9.17) is 16.3 Å². The van der Waals surface area contributed by atoms with Crippen LogP contribution in [0.5, 0.6) is 5.75 Å². The number of hydrazone groups is 1. The molecule has 174 valence electrons. The van der Waals surface area contributed by atoms with E-state index in [2.05, 4.69) is 15.8 Å². The molecular formula is C27H20ClN3O4. The van der Waals surface area contributed by atoms with Crippen LogP contribution >= 0.6 is 11.6 Å². The minimum atomic E-state index is -0.963. The summed E-state index contributed by atoms with van der Waals surface area (Å²) >= 11 is 5.82. The number of aryl methyl sites for hydroxylation is 1. The predicted molar refractivity (Wildman–Crippen MR) is 136 cm³/mol. The van der Waals surface area contributed by atoms with Crippen molar-refractivity contribution in [2.75, 3.05) is 5.32 Å². The summed E-state index contributed by atoms with van der Waals surface area (Å²) in [6.07, 6.45) is 1.34. The summed E-state index contributed by atoms with van der Waals surface area (Å²) in [5.74, 6) is -2.12. The zero-order valence-electron chi connectivity index (χ0n) is 18.6. The van der Waals surface area contributed by atoms with Gasteiger partial charge in [0, 0.05) is 16.3 Å². The van der Waals surface area contributed by atoms with Crippen LogP contribution < -0.4 is 15.5 Å². The topological polar surface area (TPSA) is 96.9 Å².